The average Bonchev–Trinajstić information content (AvgIpc) is 2.31. The molecule has 1 fully saturated rings. The normalized spacial score (nSPS) is 33.0. The van der Waals surface area contributed by atoms with Gasteiger partial charge in [-0.05, 0) is 26.3 Å². The van der Waals surface area contributed by atoms with E-state index >= 15 is 0 Å². The van der Waals surface area contributed by atoms with Gasteiger partial charge in [0.2, 0.25) is 0 Å². The predicted molar refractivity (Wildman–Crippen MR) is 42.1 cm³/mol. The number of rotatable bonds is 3. The molecule has 1 heterocycles. The van der Waals surface area contributed by atoms with Gasteiger partial charge in [0, 0.05) is 6.54 Å². The van der Waals surface area contributed by atoms with Crippen LogP contribution in [0.5, 0.6) is 0 Å². The Labute approximate surface area is 63.0 Å². The zero-order chi connectivity index (χ0) is 7.40. The van der Waals surface area contributed by atoms with Gasteiger partial charge in [-0.25, -0.2) is 0 Å². The maximum Gasteiger partial charge on any atom is 0.0704 e. The standard InChI is InChI=1S/C8H17NO/c1-3-9-6-8-5-4-7(2)10-8/h7-9H,3-6H2,1-2H3/t7-,8-/m0/s1. The first kappa shape index (κ1) is 8.02. The summed E-state index contributed by atoms with van der Waals surface area (Å²) in [5, 5.41) is 3.29. The number of hydrogen-bond donors (Lipinski definition) is 1. The van der Waals surface area contributed by atoms with Gasteiger partial charge in [0.05, 0.1) is 12.2 Å². The summed E-state index contributed by atoms with van der Waals surface area (Å²) >= 11 is 0. The second kappa shape index (κ2) is 3.94. The Morgan fingerprint density at radius 3 is 2.80 bits per heavy atom. The van der Waals surface area contributed by atoms with E-state index in [2.05, 4.69) is 19.2 Å². The smallest absolute Gasteiger partial charge is 0.0704 e. The van der Waals surface area contributed by atoms with E-state index in [4.69, 9.17) is 4.74 Å². The molecular formula is C8H17NO. The summed E-state index contributed by atoms with van der Waals surface area (Å²) in [6, 6.07) is 0. The van der Waals surface area contributed by atoms with Crippen molar-refractivity contribution in [2.75, 3.05) is 13.1 Å². The minimum atomic E-state index is 0.481. The summed E-state index contributed by atoms with van der Waals surface area (Å²) in [6.45, 7) is 6.35. The third kappa shape index (κ3) is 2.27. The molecule has 0 amide bonds. The lowest BCUT2D eigenvalue weighted by atomic mass is 10.2. The summed E-state index contributed by atoms with van der Waals surface area (Å²) in [6.07, 6.45) is 3.43. The maximum absolute atomic E-state index is 5.60. The van der Waals surface area contributed by atoms with Gasteiger partial charge in [-0.2, -0.15) is 0 Å². The third-order valence-electron chi connectivity index (χ3n) is 1.94. The molecule has 1 rings (SSSR count). The van der Waals surface area contributed by atoms with E-state index in [1.165, 1.54) is 12.8 Å². The molecule has 0 radical (unpaired) electrons. The van der Waals surface area contributed by atoms with Gasteiger partial charge in [0.1, 0.15) is 0 Å². The molecule has 0 aromatic heterocycles. The Hall–Kier alpha value is -0.0800. The number of likely N-dealkylation sites (N-methyl/N-ethyl adjacent to an activating group) is 1. The van der Waals surface area contributed by atoms with Gasteiger partial charge in [0.15, 0.2) is 0 Å². The molecule has 0 spiro atoms. The van der Waals surface area contributed by atoms with Crippen LogP contribution in [0.25, 0.3) is 0 Å². The third-order valence-corrected chi connectivity index (χ3v) is 1.94. The van der Waals surface area contributed by atoms with Crippen LogP contribution in [-0.2, 0) is 4.74 Å². The highest BCUT2D eigenvalue weighted by atomic mass is 16.5. The summed E-state index contributed by atoms with van der Waals surface area (Å²) in [4.78, 5) is 0. The predicted octanol–water partition coefficient (Wildman–Crippen LogP) is 1.16. The van der Waals surface area contributed by atoms with Crippen molar-refractivity contribution in [2.45, 2.75) is 38.9 Å². The molecule has 0 aromatic carbocycles. The highest BCUT2D eigenvalue weighted by Gasteiger charge is 2.20. The van der Waals surface area contributed by atoms with E-state index in [0.29, 0.717) is 12.2 Å². The zero-order valence-electron chi connectivity index (χ0n) is 6.89. The number of ether oxygens (including phenoxy) is 1. The molecule has 0 aliphatic carbocycles. The molecule has 1 saturated heterocycles. The second-order valence-electron chi connectivity index (χ2n) is 2.95. The molecule has 0 unspecified atom stereocenters. The van der Waals surface area contributed by atoms with Crippen molar-refractivity contribution in [1.82, 2.24) is 5.32 Å². The Morgan fingerprint density at radius 2 is 2.30 bits per heavy atom. The first-order valence-electron chi connectivity index (χ1n) is 4.19. The summed E-state index contributed by atoms with van der Waals surface area (Å²) in [5.41, 5.74) is 0. The van der Waals surface area contributed by atoms with Crippen molar-refractivity contribution in [3.63, 3.8) is 0 Å². The van der Waals surface area contributed by atoms with E-state index in [0.717, 1.165) is 13.1 Å². The van der Waals surface area contributed by atoms with Gasteiger partial charge in [0.25, 0.3) is 0 Å². The Bertz CT molecular complexity index is 95.3. The zero-order valence-corrected chi connectivity index (χ0v) is 6.89. The molecule has 1 aliphatic rings. The first-order valence-corrected chi connectivity index (χ1v) is 4.19. The fourth-order valence-corrected chi connectivity index (χ4v) is 1.34. The van der Waals surface area contributed by atoms with Crippen LogP contribution in [0.4, 0.5) is 0 Å². The molecule has 1 aliphatic heterocycles. The molecule has 2 heteroatoms. The van der Waals surface area contributed by atoms with E-state index < -0.39 is 0 Å². The van der Waals surface area contributed by atoms with Crippen molar-refractivity contribution >= 4 is 0 Å². The largest absolute Gasteiger partial charge is 0.374 e. The maximum atomic E-state index is 5.60. The van der Waals surface area contributed by atoms with E-state index in [1.807, 2.05) is 0 Å². The average molecular weight is 143 g/mol. The molecule has 2 atom stereocenters. The quantitative estimate of drug-likeness (QED) is 0.640. The lowest BCUT2D eigenvalue weighted by Crippen LogP contribution is -2.26. The summed E-state index contributed by atoms with van der Waals surface area (Å²) in [7, 11) is 0. The van der Waals surface area contributed by atoms with Crippen molar-refractivity contribution in [3.05, 3.63) is 0 Å². The Balaban J connectivity index is 2.06. The fraction of sp³-hybridized carbons (Fsp3) is 1.00. The second-order valence-corrected chi connectivity index (χ2v) is 2.95. The topological polar surface area (TPSA) is 21.3 Å². The summed E-state index contributed by atoms with van der Waals surface area (Å²) in [5.74, 6) is 0. The van der Waals surface area contributed by atoms with E-state index in [1.54, 1.807) is 0 Å². The van der Waals surface area contributed by atoms with Crippen LogP contribution in [0.1, 0.15) is 26.7 Å². The van der Waals surface area contributed by atoms with Crippen LogP contribution in [0.2, 0.25) is 0 Å². The van der Waals surface area contributed by atoms with Crippen molar-refractivity contribution in [3.8, 4) is 0 Å². The molecule has 0 saturated carbocycles. The highest BCUT2D eigenvalue weighted by molar-refractivity contribution is 4.71. The monoisotopic (exact) mass is 143 g/mol. The van der Waals surface area contributed by atoms with Crippen LogP contribution < -0.4 is 5.32 Å². The highest BCUT2D eigenvalue weighted by Crippen LogP contribution is 2.17. The Morgan fingerprint density at radius 1 is 1.50 bits per heavy atom. The number of nitrogens with one attached hydrogen (secondary N) is 1. The van der Waals surface area contributed by atoms with Gasteiger partial charge in [-0.3, -0.25) is 0 Å². The van der Waals surface area contributed by atoms with Crippen LogP contribution >= 0.6 is 0 Å². The van der Waals surface area contributed by atoms with Crippen molar-refractivity contribution < 1.29 is 4.74 Å². The molecule has 0 bridgehead atoms. The first-order chi connectivity index (χ1) is 4.83. The van der Waals surface area contributed by atoms with Gasteiger partial charge < -0.3 is 10.1 Å². The van der Waals surface area contributed by atoms with Gasteiger partial charge in [-0.1, -0.05) is 6.92 Å². The fourth-order valence-electron chi connectivity index (χ4n) is 1.34. The lowest BCUT2D eigenvalue weighted by molar-refractivity contribution is 0.0564. The Kier molecular flexibility index (Phi) is 3.16. The van der Waals surface area contributed by atoms with Crippen LogP contribution in [0, 0.1) is 0 Å². The van der Waals surface area contributed by atoms with Crippen molar-refractivity contribution in [2.24, 2.45) is 0 Å². The van der Waals surface area contributed by atoms with Crippen LogP contribution in [0.3, 0.4) is 0 Å². The molecule has 60 valence electrons. The molecule has 0 aromatic rings. The van der Waals surface area contributed by atoms with Gasteiger partial charge >= 0.3 is 0 Å². The molecule has 2 nitrogen and oxygen atoms in total. The van der Waals surface area contributed by atoms with Crippen LogP contribution in [0.15, 0.2) is 0 Å². The van der Waals surface area contributed by atoms with Crippen molar-refractivity contribution in [1.29, 1.82) is 0 Å². The molecular weight excluding hydrogens is 126 g/mol. The van der Waals surface area contributed by atoms with E-state index in [-0.39, 0.29) is 0 Å². The summed E-state index contributed by atoms with van der Waals surface area (Å²) < 4.78 is 5.60. The molecule has 1 N–H and O–H groups in total. The molecule has 10 heavy (non-hydrogen) atoms. The number of hydrogen-bond acceptors (Lipinski definition) is 2. The minimum absolute atomic E-state index is 0.481. The van der Waals surface area contributed by atoms with E-state index in [9.17, 15) is 0 Å². The van der Waals surface area contributed by atoms with Gasteiger partial charge in [-0.15, -0.1) is 0 Å². The SMILES string of the molecule is CCNC[C@@H]1CC[C@H](C)O1. The minimum Gasteiger partial charge on any atom is -0.374 e. The van der Waals surface area contributed by atoms with Crippen LogP contribution in [-0.4, -0.2) is 25.3 Å². The lowest BCUT2D eigenvalue weighted by Gasteiger charge is -2.10.